The van der Waals surface area contributed by atoms with Gasteiger partial charge in [0.15, 0.2) is 21.0 Å². The third-order valence-corrected chi connectivity index (χ3v) is 4.21. The summed E-state index contributed by atoms with van der Waals surface area (Å²) >= 11 is 0. The van der Waals surface area contributed by atoms with Crippen LogP contribution in [-0.4, -0.2) is 29.4 Å². The minimum atomic E-state index is -3.04. The Balaban J connectivity index is 2.12. The van der Waals surface area contributed by atoms with Crippen molar-refractivity contribution in [2.75, 3.05) is 5.75 Å². The molecule has 0 amide bonds. The van der Waals surface area contributed by atoms with Gasteiger partial charge < -0.3 is 4.74 Å². The van der Waals surface area contributed by atoms with Gasteiger partial charge in [0.2, 0.25) is 0 Å². The summed E-state index contributed by atoms with van der Waals surface area (Å²) in [6.07, 6.45) is 4.45. The van der Waals surface area contributed by atoms with Crippen LogP contribution in [0, 0.1) is 0 Å². The number of sulfone groups is 1. The van der Waals surface area contributed by atoms with E-state index in [2.05, 4.69) is 5.10 Å². The average Bonchev–Trinajstić information content (AvgIpc) is 2.61. The first-order valence-corrected chi connectivity index (χ1v) is 6.16. The smallest absolute Gasteiger partial charge is 0.199 e. The monoisotopic (exact) mass is 216 g/mol. The van der Waals surface area contributed by atoms with Crippen LogP contribution in [-0.2, 0) is 16.9 Å². The molecular weight excluding hydrogens is 204 g/mol. The van der Waals surface area contributed by atoms with Crippen LogP contribution in [0.5, 0.6) is 5.75 Å². The number of rotatable bonds is 2. The molecule has 14 heavy (non-hydrogen) atoms. The fraction of sp³-hybridized carbons (Fsp3) is 0.625. The third-order valence-electron chi connectivity index (χ3n) is 2.22. The van der Waals surface area contributed by atoms with Crippen molar-refractivity contribution < 1.29 is 13.2 Å². The summed E-state index contributed by atoms with van der Waals surface area (Å²) in [4.78, 5) is 0. The van der Waals surface area contributed by atoms with Crippen molar-refractivity contribution in [1.29, 1.82) is 0 Å². The largest absolute Gasteiger partial charge is 0.471 e. The third kappa shape index (κ3) is 1.75. The molecular formula is C8H12N2O3S. The number of aryl methyl sites for hydroxylation is 1. The SMILES string of the molecule is Cn1cc(OC2CCCS2(=O)=O)cn1. The quantitative estimate of drug-likeness (QED) is 0.715. The molecule has 6 heteroatoms. The van der Waals surface area contributed by atoms with Crippen molar-refractivity contribution in [3.63, 3.8) is 0 Å². The Kier molecular flexibility index (Phi) is 2.22. The van der Waals surface area contributed by atoms with Gasteiger partial charge in [-0.1, -0.05) is 0 Å². The Morgan fingerprint density at radius 1 is 1.64 bits per heavy atom. The van der Waals surface area contributed by atoms with Crippen LogP contribution in [0.15, 0.2) is 12.4 Å². The van der Waals surface area contributed by atoms with Crippen LogP contribution in [0.4, 0.5) is 0 Å². The van der Waals surface area contributed by atoms with Gasteiger partial charge in [0.05, 0.1) is 18.1 Å². The van der Waals surface area contributed by atoms with Gasteiger partial charge in [-0.3, -0.25) is 4.68 Å². The van der Waals surface area contributed by atoms with E-state index in [1.54, 1.807) is 17.9 Å². The molecule has 1 aromatic heterocycles. The highest BCUT2D eigenvalue weighted by atomic mass is 32.2. The van der Waals surface area contributed by atoms with Gasteiger partial charge in [0, 0.05) is 7.05 Å². The summed E-state index contributed by atoms with van der Waals surface area (Å²) < 4.78 is 29.8. The summed E-state index contributed by atoms with van der Waals surface area (Å²) in [5, 5.41) is 3.90. The van der Waals surface area contributed by atoms with E-state index in [0.29, 0.717) is 18.6 Å². The first-order valence-electron chi connectivity index (χ1n) is 4.45. The standard InChI is InChI=1S/C8H12N2O3S/c1-10-6-7(5-9-10)13-8-3-2-4-14(8,11)12/h5-6,8H,2-4H2,1H3. The van der Waals surface area contributed by atoms with E-state index >= 15 is 0 Å². The van der Waals surface area contributed by atoms with E-state index in [4.69, 9.17) is 4.74 Å². The van der Waals surface area contributed by atoms with E-state index < -0.39 is 15.3 Å². The number of aromatic nitrogens is 2. The molecule has 1 unspecified atom stereocenters. The molecule has 1 aliphatic rings. The normalized spacial score (nSPS) is 25.1. The number of ether oxygens (including phenoxy) is 1. The van der Waals surface area contributed by atoms with Crippen molar-refractivity contribution in [3.8, 4) is 5.75 Å². The molecule has 0 aliphatic carbocycles. The Bertz CT molecular complexity index is 424. The van der Waals surface area contributed by atoms with Crippen LogP contribution in [0.3, 0.4) is 0 Å². The van der Waals surface area contributed by atoms with Crippen molar-refractivity contribution in [3.05, 3.63) is 12.4 Å². The number of hydrogen-bond donors (Lipinski definition) is 0. The molecule has 0 saturated carbocycles. The van der Waals surface area contributed by atoms with Gasteiger partial charge >= 0.3 is 0 Å². The predicted molar refractivity (Wildman–Crippen MR) is 50.6 cm³/mol. The minimum Gasteiger partial charge on any atom is -0.471 e. The van der Waals surface area contributed by atoms with Gasteiger partial charge in [-0.05, 0) is 12.8 Å². The fourth-order valence-electron chi connectivity index (χ4n) is 1.51. The lowest BCUT2D eigenvalue weighted by Gasteiger charge is -2.09. The second-order valence-corrected chi connectivity index (χ2v) is 5.67. The summed E-state index contributed by atoms with van der Waals surface area (Å²) in [5.74, 6) is 0.751. The van der Waals surface area contributed by atoms with Gasteiger partial charge in [0.25, 0.3) is 0 Å². The highest BCUT2D eigenvalue weighted by molar-refractivity contribution is 7.92. The molecule has 0 spiro atoms. The highest BCUT2D eigenvalue weighted by Gasteiger charge is 2.33. The molecule has 1 atom stereocenters. The maximum atomic E-state index is 11.4. The Hall–Kier alpha value is -1.04. The van der Waals surface area contributed by atoms with Crippen LogP contribution in [0.1, 0.15) is 12.8 Å². The van der Waals surface area contributed by atoms with Crippen molar-refractivity contribution in [1.82, 2.24) is 9.78 Å². The van der Waals surface area contributed by atoms with Gasteiger partial charge in [-0.2, -0.15) is 5.10 Å². The summed E-state index contributed by atoms with van der Waals surface area (Å²) in [5.41, 5.74) is -0.674. The molecule has 0 radical (unpaired) electrons. The first-order chi connectivity index (χ1) is 6.58. The maximum Gasteiger partial charge on any atom is 0.199 e. The lowest BCUT2D eigenvalue weighted by atomic mass is 10.4. The summed E-state index contributed by atoms with van der Waals surface area (Å²) in [6, 6.07) is 0. The fourth-order valence-corrected chi connectivity index (χ4v) is 3.12. The highest BCUT2D eigenvalue weighted by Crippen LogP contribution is 2.23. The minimum absolute atomic E-state index is 0.234. The lowest BCUT2D eigenvalue weighted by Crippen LogP contribution is -2.22. The summed E-state index contributed by atoms with van der Waals surface area (Å²) in [7, 11) is -1.28. The molecule has 2 rings (SSSR count). The van der Waals surface area contributed by atoms with E-state index in [0.717, 1.165) is 0 Å². The van der Waals surface area contributed by atoms with Crippen molar-refractivity contribution in [2.24, 2.45) is 7.05 Å². The zero-order valence-electron chi connectivity index (χ0n) is 7.88. The Morgan fingerprint density at radius 3 is 2.93 bits per heavy atom. The lowest BCUT2D eigenvalue weighted by molar-refractivity contribution is 0.273. The van der Waals surface area contributed by atoms with Crippen LogP contribution >= 0.6 is 0 Å². The van der Waals surface area contributed by atoms with E-state index in [9.17, 15) is 8.42 Å². The van der Waals surface area contributed by atoms with Gasteiger partial charge in [-0.15, -0.1) is 0 Å². The van der Waals surface area contributed by atoms with Crippen molar-refractivity contribution in [2.45, 2.75) is 18.3 Å². The maximum absolute atomic E-state index is 11.4. The number of hydrogen-bond acceptors (Lipinski definition) is 4. The molecule has 0 bridgehead atoms. The summed E-state index contributed by atoms with van der Waals surface area (Å²) in [6.45, 7) is 0. The zero-order valence-corrected chi connectivity index (χ0v) is 8.70. The van der Waals surface area contributed by atoms with E-state index in [-0.39, 0.29) is 5.75 Å². The van der Waals surface area contributed by atoms with Crippen LogP contribution in [0.2, 0.25) is 0 Å². The molecule has 0 aromatic carbocycles. The molecule has 78 valence electrons. The second kappa shape index (κ2) is 3.27. The topological polar surface area (TPSA) is 61.2 Å². The van der Waals surface area contributed by atoms with Gasteiger partial charge in [-0.25, -0.2) is 8.42 Å². The molecule has 2 heterocycles. The second-order valence-electron chi connectivity index (χ2n) is 3.41. The van der Waals surface area contributed by atoms with E-state index in [1.165, 1.54) is 6.20 Å². The molecule has 1 saturated heterocycles. The molecule has 1 aromatic rings. The first kappa shape index (κ1) is 9.51. The van der Waals surface area contributed by atoms with Gasteiger partial charge in [0.1, 0.15) is 0 Å². The molecule has 1 aliphatic heterocycles. The molecule has 0 N–H and O–H groups in total. The Labute approximate surface area is 82.6 Å². The van der Waals surface area contributed by atoms with Crippen molar-refractivity contribution >= 4 is 9.84 Å². The predicted octanol–water partition coefficient (Wildman–Crippen LogP) is 0.334. The van der Waals surface area contributed by atoms with Crippen LogP contribution < -0.4 is 4.74 Å². The molecule has 1 fully saturated rings. The Morgan fingerprint density at radius 2 is 2.43 bits per heavy atom. The average molecular weight is 216 g/mol. The van der Waals surface area contributed by atoms with Crippen LogP contribution in [0.25, 0.3) is 0 Å². The zero-order chi connectivity index (χ0) is 10.2. The van der Waals surface area contributed by atoms with E-state index in [1.807, 2.05) is 0 Å². The number of nitrogens with zero attached hydrogens (tertiary/aromatic N) is 2. The molecule has 5 nitrogen and oxygen atoms in total.